The summed E-state index contributed by atoms with van der Waals surface area (Å²) < 4.78 is 5.34. The number of rotatable bonds is 5. The predicted molar refractivity (Wildman–Crippen MR) is 131 cm³/mol. The fraction of sp³-hybridized carbons (Fsp3) is 0.148. The highest BCUT2D eigenvalue weighted by atomic mass is 16.5. The summed E-state index contributed by atoms with van der Waals surface area (Å²) in [5.41, 5.74) is 9.32. The molecule has 2 heterocycles. The maximum atomic E-state index is 12.5. The van der Waals surface area contributed by atoms with E-state index in [1.54, 1.807) is 19.2 Å². The van der Waals surface area contributed by atoms with Gasteiger partial charge >= 0.3 is 0 Å². The number of aromatic nitrogens is 1. The standard InChI is InChI=1S/C27H24N4O3/c1-34-23-12-9-20-16-21-13-14-31(26(21)28-24(20)17-23)22-10-7-19(8-11-22)27(33)30-29-25(32)15-18-5-3-2-4-6-18/h2-12,16-17H,13-15H2,1H3,(H,29,32)(H,30,33). The molecule has 0 radical (unpaired) electrons. The number of hydrogen-bond acceptors (Lipinski definition) is 5. The van der Waals surface area contributed by atoms with E-state index < -0.39 is 0 Å². The summed E-state index contributed by atoms with van der Waals surface area (Å²) in [6.07, 6.45) is 1.10. The third-order valence-corrected chi connectivity index (χ3v) is 5.91. The number of benzene rings is 3. The van der Waals surface area contributed by atoms with E-state index in [-0.39, 0.29) is 18.2 Å². The van der Waals surface area contributed by atoms with E-state index in [9.17, 15) is 9.59 Å². The normalized spacial score (nSPS) is 12.3. The van der Waals surface area contributed by atoms with Gasteiger partial charge in [-0.3, -0.25) is 20.4 Å². The Morgan fingerprint density at radius 3 is 2.53 bits per heavy atom. The van der Waals surface area contributed by atoms with Crippen LogP contribution in [0.15, 0.2) is 78.9 Å². The van der Waals surface area contributed by atoms with Crippen LogP contribution in [0.4, 0.5) is 11.5 Å². The molecule has 0 spiro atoms. The van der Waals surface area contributed by atoms with E-state index in [0.717, 1.165) is 46.7 Å². The number of hydrazine groups is 1. The Kier molecular flexibility index (Phi) is 5.82. The third-order valence-electron chi connectivity index (χ3n) is 5.91. The first-order chi connectivity index (χ1) is 16.6. The number of amides is 2. The molecule has 7 nitrogen and oxygen atoms in total. The van der Waals surface area contributed by atoms with Crippen molar-refractivity contribution in [1.82, 2.24) is 15.8 Å². The molecular formula is C27H24N4O3. The van der Waals surface area contributed by atoms with Gasteiger partial charge in [0.15, 0.2) is 0 Å². The van der Waals surface area contributed by atoms with Crippen molar-refractivity contribution in [3.05, 3.63) is 95.6 Å². The topological polar surface area (TPSA) is 83.6 Å². The fourth-order valence-electron chi connectivity index (χ4n) is 4.13. The Morgan fingerprint density at radius 2 is 1.76 bits per heavy atom. The van der Waals surface area contributed by atoms with Crippen LogP contribution in [-0.2, 0) is 17.6 Å². The molecule has 0 bridgehead atoms. The van der Waals surface area contributed by atoms with Crippen LogP contribution in [0.5, 0.6) is 5.75 Å². The molecule has 0 saturated heterocycles. The van der Waals surface area contributed by atoms with Gasteiger partial charge < -0.3 is 9.64 Å². The van der Waals surface area contributed by atoms with Gasteiger partial charge in [0.2, 0.25) is 5.91 Å². The van der Waals surface area contributed by atoms with E-state index in [0.29, 0.717) is 5.56 Å². The molecule has 34 heavy (non-hydrogen) atoms. The monoisotopic (exact) mass is 452 g/mol. The Labute approximate surface area is 197 Å². The number of pyridine rings is 1. The largest absolute Gasteiger partial charge is 0.497 e. The summed E-state index contributed by atoms with van der Waals surface area (Å²) >= 11 is 0. The second-order valence-corrected chi connectivity index (χ2v) is 8.14. The molecule has 5 rings (SSSR count). The molecule has 0 unspecified atom stereocenters. The molecule has 3 aromatic carbocycles. The van der Waals surface area contributed by atoms with Gasteiger partial charge in [-0.25, -0.2) is 4.98 Å². The maximum absolute atomic E-state index is 12.5. The Morgan fingerprint density at radius 1 is 0.971 bits per heavy atom. The lowest BCUT2D eigenvalue weighted by molar-refractivity contribution is -0.121. The minimum absolute atomic E-state index is 0.196. The van der Waals surface area contributed by atoms with Crippen LogP contribution in [-0.4, -0.2) is 30.5 Å². The van der Waals surface area contributed by atoms with Crippen molar-refractivity contribution in [3.8, 4) is 5.75 Å². The highest BCUT2D eigenvalue weighted by Crippen LogP contribution is 2.35. The van der Waals surface area contributed by atoms with Gasteiger partial charge in [0.1, 0.15) is 11.6 Å². The number of nitrogens with zero attached hydrogens (tertiary/aromatic N) is 2. The average molecular weight is 453 g/mol. The molecule has 170 valence electrons. The molecule has 1 aliphatic rings. The van der Waals surface area contributed by atoms with Crippen molar-refractivity contribution < 1.29 is 14.3 Å². The Balaban J connectivity index is 1.26. The van der Waals surface area contributed by atoms with Crippen LogP contribution < -0.4 is 20.5 Å². The lowest BCUT2D eigenvalue weighted by Gasteiger charge is -2.19. The number of nitrogens with one attached hydrogen (secondary N) is 2. The fourth-order valence-corrected chi connectivity index (χ4v) is 4.13. The lowest BCUT2D eigenvalue weighted by atomic mass is 10.1. The van der Waals surface area contributed by atoms with E-state index in [1.807, 2.05) is 60.7 Å². The molecule has 0 fully saturated rings. The zero-order valence-corrected chi connectivity index (χ0v) is 18.7. The molecule has 0 atom stereocenters. The van der Waals surface area contributed by atoms with Crippen LogP contribution in [0.1, 0.15) is 21.5 Å². The predicted octanol–water partition coefficient (Wildman–Crippen LogP) is 3.94. The first-order valence-electron chi connectivity index (χ1n) is 11.1. The van der Waals surface area contributed by atoms with Crippen molar-refractivity contribution in [1.29, 1.82) is 0 Å². The number of carbonyl (C=O) groups is 2. The summed E-state index contributed by atoms with van der Waals surface area (Å²) in [5.74, 6) is 1.05. The SMILES string of the molecule is COc1ccc2cc3c(nc2c1)N(c1ccc(C(=O)NNC(=O)Cc2ccccc2)cc1)CC3. The van der Waals surface area contributed by atoms with Crippen molar-refractivity contribution in [2.75, 3.05) is 18.6 Å². The smallest absolute Gasteiger partial charge is 0.269 e. The van der Waals surface area contributed by atoms with Crippen LogP contribution in [0.2, 0.25) is 0 Å². The summed E-state index contributed by atoms with van der Waals surface area (Å²) in [6.45, 7) is 0.816. The minimum atomic E-state index is -0.369. The minimum Gasteiger partial charge on any atom is -0.497 e. The maximum Gasteiger partial charge on any atom is 0.269 e. The number of methoxy groups -OCH3 is 1. The Bertz CT molecular complexity index is 1350. The number of fused-ring (bicyclic) bond motifs is 2. The second-order valence-electron chi connectivity index (χ2n) is 8.14. The van der Waals surface area contributed by atoms with Crippen molar-refractivity contribution in [2.24, 2.45) is 0 Å². The van der Waals surface area contributed by atoms with Gasteiger partial charge in [0, 0.05) is 29.2 Å². The quantitative estimate of drug-likeness (QED) is 0.448. The Hall–Kier alpha value is -4.39. The summed E-state index contributed by atoms with van der Waals surface area (Å²) in [5, 5.41) is 1.09. The van der Waals surface area contributed by atoms with E-state index in [1.165, 1.54) is 5.56 Å². The average Bonchev–Trinajstić information content (AvgIpc) is 3.29. The van der Waals surface area contributed by atoms with Gasteiger partial charge in [0.05, 0.1) is 19.0 Å². The zero-order chi connectivity index (χ0) is 23.5. The van der Waals surface area contributed by atoms with Crippen LogP contribution in [0.3, 0.4) is 0 Å². The van der Waals surface area contributed by atoms with Crippen molar-refractivity contribution in [3.63, 3.8) is 0 Å². The van der Waals surface area contributed by atoms with E-state index >= 15 is 0 Å². The number of hydrogen-bond donors (Lipinski definition) is 2. The summed E-state index contributed by atoms with van der Waals surface area (Å²) in [6, 6.07) is 24.7. The van der Waals surface area contributed by atoms with Gasteiger partial charge in [-0.05, 0) is 60.0 Å². The van der Waals surface area contributed by atoms with Crippen LogP contribution in [0, 0.1) is 0 Å². The zero-order valence-electron chi connectivity index (χ0n) is 18.7. The second kappa shape index (κ2) is 9.23. The van der Waals surface area contributed by atoms with Gasteiger partial charge in [-0.1, -0.05) is 30.3 Å². The number of anilines is 2. The van der Waals surface area contributed by atoms with Gasteiger partial charge in [-0.15, -0.1) is 0 Å². The molecular weight excluding hydrogens is 428 g/mol. The summed E-state index contributed by atoms with van der Waals surface area (Å²) in [4.78, 5) is 31.6. The summed E-state index contributed by atoms with van der Waals surface area (Å²) in [7, 11) is 1.65. The van der Waals surface area contributed by atoms with Crippen LogP contribution >= 0.6 is 0 Å². The molecule has 0 saturated carbocycles. The van der Waals surface area contributed by atoms with E-state index in [4.69, 9.17) is 9.72 Å². The number of ether oxygens (including phenoxy) is 1. The van der Waals surface area contributed by atoms with E-state index in [2.05, 4.69) is 21.8 Å². The number of carbonyl (C=O) groups excluding carboxylic acids is 2. The molecule has 1 aromatic heterocycles. The molecule has 4 aromatic rings. The molecule has 7 heteroatoms. The molecule has 2 N–H and O–H groups in total. The highest BCUT2D eigenvalue weighted by Gasteiger charge is 2.23. The van der Waals surface area contributed by atoms with Crippen molar-refractivity contribution in [2.45, 2.75) is 12.8 Å². The molecule has 1 aliphatic heterocycles. The first-order valence-corrected chi connectivity index (χ1v) is 11.1. The van der Waals surface area contributed by atoms with Crippen LogP contribution in [0.25, 0.3) is 10.9 Å². The third kappa shape index (κ3) is 4.41. The molecule has 2 amide bonds. The molecule has 0 aliphatic carbocycles. The highest BCUT2D eigenvalue weighted by molar-refractivity contribution is 5.96. The first kappa shape index (κ1) is 21.5. The van der Waals surface area contributed by atoms with Gasteiger partial charge in [-0.2, -0.15) is 0 Å². The lowest BCUT2D eigenvalue weighted by Crippen LogP contribution is -2.42. The van der Waals surface area contributed by atoms with Crippen molar-refractivity contribution >= 4 is 34.2 Å². The van der Waals surface area contributed by atoms with Gasteiger partial charge in [0.25, 0.3) is 5.91 Å².